The summed E-state index contributed by atoms with van der Waals surface area (Å²) in [4.78, 5) is 14.9. The molecule has 1 saturated heterocycles. The molecular weight excluding hydrogens is 391 g/mol. The Hall–Kier alpha value is -2.40. The normalized spacial score (nSPS) is 22.7. The molecule has 0 spiro atoms. The third kappa shape index (κ3) is 6.54. The summed E-state index contributed by atoms with van der Waals surface area (Å²) in [6.45, 7) is 3.28. The smallest absolute Gasteiger partial charge is 0.251 e. The van der Waals surface area contributed by atoms with E-state index in [4.69, 9.17) is 4.74 Å². The maximum Gasteiger partial charge on any atom is 0.251 e. The zero-order valence-electron chi connectivity index (χ0n) is 18.1. The maximum absolute atomic E-state index is 13.0. The number of hydrogen-bond donors (Lipinski definition) is 1. The van der Waals surface area contributed by atoms with Crippen molar-refractivity contribution in [3.63, 3.8) is 0 Å². The van der Waals surface area contributed by atoms with Crippen LogP contribution in [0.2, 0.25) is 0 Å². The largest absolute Gasteiger partial charge is 0.490 e. The highest BCUT2D eigenvalue weighted by Crippen LogP contribution is 2.28. The third-order valence-corrected chi connectivity index (χ3v) is 6.72. The van der Waals surface area contributed by atoms with E-state index in [0.717, 1.165) is 62.5 Å². The third-order valence-electron chi connectivity index (χ3n) is 6.72. The van der Waals surface area contributed by atoms with Crippen molar-refractivity contribution >= 4 is 5.91 Å². The second-order valence-corrected chi connectivity index (χ2v) is 8.96. The molecule has 0 bridgehead atoms. The first kappa shape index (κ1) is 21.8. The molecule has 4 rings (SSSR count). The van der Waals surface area contributed by atoms with Gasteiger partial charge < -0.3 is 15.0 Å². The molecule has 1 N–H and O–H groups in total. The molecule has 0 radical (unpaired) electrons. The number of likely N-dealkylation sites (tertiary alicyclic amines) is 1. The molecule has 31 heavy (non-hydrogen) atoms. The molecule has 0 unspecified atom stereocenters. The van der Waals surface area contributed by atoms with Crippen LogP contribution in [0.3, 0.4) is 0 Å². The highest BCUT2D eigenvalue weighted by molar-refractivity contribution is 5.94. The number of nitrogens with one attached hydrogen (secondary N) is 1. The highest BCUT2D eigenvalue weighted by Gasteiger charge is 2.25. The number of carbonyl (C=O) groups is 1. The van der Waals surface area contributed by atoms with Gasteiger partial charge in [0.1, 0.15) is 17.7 Å². The molecule has 2 aliphatic rings. The Morgan fingerprint density at radius 3 is 2.29 bits per heavy atom. The van der Waals surface area contributed by atoms with Gasteiger partial charge in [-0.15, -0.1) is 0 Å². The van der Waals surface area contributed by atoms with Crippen LogP contribution in [-0.4, -0.2) is 42.6 Å². The number of carbonyl (C=O) groups excluding carboxylic acids is 1. The zero-order valence-corrected chi connectivity index (χ0v) is 18.1. The van der Waals surface area contributed by atoms with Gasteiger partial charge in [-0.1, -0.05) is 18.2 Å². The fraction of sp³-hybridized carbons (Fsp3) is 0.500. The van der Waals surface area contributed by atoms with Gasteiger partial charge in [0.25, 0.3) is 5.91 Å². The van der Waals surface area contributed by atoms with Crippen LogP contribution in [0.25, 0.3) is 0 Å². The lowest BCUT2D eigenvalue weighted by molar-refractivity contribution is 0.0897. The van der Waals surface area contributed by atoms with Crippen LogP contribution in [0.1, 0.15) is 55.3 Å². The van der Waals surface area contributed by atoms with E-state index in [1.807, 2.05) is 30.3 Å². The quantitative estimate of drug-likeness (QED) is 0.676. The van der Waals surface area contributed by atoms with Crippen LogP contribution >= 0.6 is 0 Å². The zero-order chi connectivity index (χ0) is 21.5. The summed E-state index contributed by atoms with van der Waals surface area (Å²) in [5.74, 6) is 1.35. The number of ether oxygens (including phenoxy) is 1. The van der Waals surface area contributed by atoms with E-state index >= 15 is 0 Å². The lowest BCUT2D eigenvalue weighted by Crippen LogP contribution is -2.40. The fourth-order valence-corrected chi connectivity index (χ4v) is 4.78. The Morgan fingerprint density at radius 1 is 0.935 bits per heavy atom. The molecule has 0 atom stereocenters. The van der Waals surface area contributed by atoms with Gasteiger partial charge in [-0.2, -0.15) is 0 Å². The van der Waals surface area contributed by atoms with Crippen molar-refractivity contribution < 1.29 is 13.9 Å². The van der Waals surface area contributed by atoms with Gasteiger partial charge in [-0.05, 0) is 93.8 Å². The Bertz CT molecular complexity index is 811. The Morgan fingerprint density at radius 2 is 1.61 bits per heavy atom. The predicted molar refractivity (Wildman–Crippen MR) is 121 cm³/mol. The number of rotatable bonds is 7. The average molecular weight is 425 g/mol. The predicted octanol–water partition coefficient (Wildman–Crippen LogP) is 5.05. The van der Waals surface area contributed by atoms with Crippen LogP contribution < -0.4 is 10.1 Å². The summed E-state index contributed by atoms with van der Waals surface area (Å²) >= 11 is 0. The molecule has 2 aromatic rings. The van der Waals surface area contributed by atoms with Crippen molar-refractivity contribution in [3.8, 4) is 5.75 Å². The Labute approximate surface area is 184 Å². The second-order valence-electron chi connectivity index (χ2n) is 8.96. The van der Waals surface area contributed by atoms with Crippen molar-refractivity contribution in [2.75, 3.05) is 19.6 Å². The standard InChI is InChI=1S/C26H33FN2O2/c27-22-8-12-24(13-9-22)31-25-15-18-29(19-16-25)17-14-20-6-10-23(11-7-20)28-26(30)21-4-2-1-3-5-21/h1-5,8-9,12-13,20,23,25H,6-7,10-11,14-19H2,(H,28,30). The van der Waals surface area contributed by atoms with Crippen molar-refractivity contribution in [1.29, 1.82) is 0 Å². The summed E-state index contributed by atoms with van der Waals surface area (Å²) in [6, 6.07) is 16.1. The SMILES string of the molecule is O=C(NC1CCC(CCN2CCC(Oc3ccc(F)cc3)CC2)CC1)c1ccccc1. The fourth-order valence-electron chi connectivity index (χ4n) is 4.78. The molecule has 2 fully saturated rings. The number of hydrogen-bond acceptors (Lipinski definition) is 3. The first-order chi connectivity index (χ1) is 15.2. The van der Waals surface area contributed by atoms with Crippen LogP contribution in [0.5, 0.6) is 5.75 Å². The van der Waals surface area contributed by atoms with Gasteiger partial charge in [-0.25, -0.2) is 4.39 Å². The van der Waals surface area contributed by atoms with Crippen molar-refractivity contribution in [2.45, 2.75) is 57.1 Å². The van der Waals surface area contributed by atoms with Gasteiger partial charge in [0, 0.05) is 24.7 Å². The van der Waals surface area contributed by atoms with E-state index in [1.165, 1.54) is 31.4 Å². The Balaban J connectivity index is 1.11. The lowest BCUT2D eigenvalue weighted by Gasteiger charge is -2.34. The molecule has 1 aliphatic heterocycles. The number of amides is 1. The molecule has 1 saturated carbocycles. The topological polar surface area (TPSA) is 41.6 Å². The van der Waals surface area contributed by atoms with Crippen LogP contribution in [0.4, 0.5) is 4.39 Å². The lowest BCUT2D eigenvalue weighted by atomic mass is 9.84. The molecule has 1 amide bonds. The van der Waals surface area contributed by atoms with Crippen molar-refractivity contribution in [3.05, 3.63) is 66.0 Å². The van der Waals surface area contributed by atoms with E-state index < -0.39 is 0 Å². The van der Waals surface area contributed by atoms with Gasteiger partial charge in [-0.3, -0.25) is 4.79 Å². The molecule has 1 aliphatic carbocycles. The number of benzene rings is 2. The van der Waals surface area contributed by atoms with Gasteiger partial charge in [0.2, 0.25) is 0 Å². The van der Waals surface area contributed by atoms with E-state index in [2.05, 4.69) is 10.2 Å². The minimum Gasteiger partial charge on any atom is -0.490 e. The maximum atomic E-state index is 13.0. The average Bonchev–Trinajstić information content (AvgIpc) is 2.81. The van der Waals surface area contributed by atoms with E-state index in [-0.39, 0.29) is 17.8 Å². The number of nitrogens with zero attached hydrogens (tertiary/aromatic N) is 1. The van der Waals surface area contributed by atoms with E-state index in [0.29, 0.717) is 6.04 Å². The monoisotopic (exact) mass is 424 g/mol. The van der Waals surface area contributed by atoms with E-state index in [1.54, 1.807) is 12.1 Å². The first-order valence-corrected chi connectivity index (χ1v) is 11.7. The molecule has 1 heterocycles. The van der Waals surface area contributed by atoms with Gasteiger partial charge in [0.05, 0.1) is 0 Å². The Kier molecular flexibility index (Phi) is 7.57. The molecule has 0 aromatic heterocycles. The molecule has 2 aromatic carbocycles. The number of halogens is 1. The van der Waals surface area contributed by atoms with E-state index in [9.17, 15) is 9.18 Å². The second kappa shape index (κ2) is 10.8. The van der Waals surface area contributed by atoms with Crippen LogP contribution in [-0.2, 0) is 0 Å². The van der Waals surface area contributed by atoms with Gasteiger partial charge in [0.15, 0.2) is 0 Å². The van der Waals surface area contributed by atoms with Crippen LogP contribution in [0, 0.1) is 11.7 Å². The molecule has 5 heteroatoms. The van der Waals surface area contributed by atoms with Gasteiger partial charge >= 0.3 is 0 Å². The summed E-state index contributed by atoms with van der Waals surface area (Å²) in [5.41, 5.74) is 0.747. The molecular formula is C26H33FN2O2. The minimum absolute atomic E-state index is 0.0507. The first-order valence-electron chi connectivity index (χ1n) is 11.7. The summed E-state index contributed by atoms with van der Waals surface area (Å²) in [6.07, 6.45) is 8.07. The summed E-state index contributed by atoms with van der Waals surface area (Å²) < 4.78 is 19.0. The van der Waals surface area contributed by atoms with Crippen LogP contribution in [0.15, 0.2) is 54.6 Å². The highest BCUT2D eigenvalue weighted by atomic mass is 19.1. The van der Waals surface area contributed by atoms with Crippen molar-refractivity contribution in [2.24, 2.45) is 5.92 Å². The summed E-state index contributed by atoms with van der Waals surface area (Å²) in [7, 11) is 0. The molecule has 166 valence electrons. The summed E-state index contributed by atoms with van der Waals surface area (Å²) in [5, 5.41) is 3.20. The number of piperidine rings is 1. The molecule has 4 nitrogen and oxygen atoms in total. The van der Waals surface area contributed by atoms with Crippen molar-refractivity contribution in [1.82, 2.24) is 10.2 Å². The minimum atomic E-state index is -0.227.